The van der Waals surface area contributed by atoms with Gasteiger partial charge in [0.15, 0.2) is 5.82 Å². The SMILES string of the molecule is O=C(c1ccc(NS(=O)(=O)c2c(F)cccc2[N+](=O)[O-])cc1)N1CCCC1. The Bertz CT molecular complexity index is 986. The van der Waals surface area contributed by atoms with Crippen LogP contribution in [0.2, 0.25) is 0 Å². The second kappa shape index (κ2) is 7.31. The Morgan fingerprint density at radius 3 is 2.33 bits per heavy atom. The van der Waals surface area contributed by atoms with Gasteiger partial charge in [-0.05, 0) is 43.2 Å². The zero-order chi connectivity index (χ0) is 19.6. The number of hydrogen-bond acceptors (Lipinski definition) is 5. The van der Waals surface area contributed by atoms with Crippen molar-refractivity contribution in [3.63, 3.8) is 0 Å². The van der Waals surface area contributed by atoms with Gasteiger partial charge in [0.1, 0.15) is 0 Å². The minimum Gasteiger partial charge on any atom is -0.339 e. The number of halogens is 1. The first kappa shape index (κ1) is 18.8. The van der Waals surface area contributed by atoms with Crippen LogP contribution in [0.3, 0.4) is 0 Å². The Balaban J connectivity index is 1.85. The minimum absolute atomic E-state index is 0.0607. The quantitative estimate of drug-likeness (QED) is 0.620. The molecule has 8 nitrogen and oxygen atoms in total. The molecule has 0 unspecified atom stereocenters. The molecule has 10 heteroatoms. The first-order valence-electron chi connectivity index (χ1n) is 8.14. The molecule has 0 aliphatic carbocycles. The Labute approximate surface area is 154 Å². The summed E-state index contributed by atoms with van der Waals surface area (Å²) in [6.45, 7) is 1.37. The molecule has 0 atom stereocenters. The molecule has 0 radical (unpaired) electrons. The molecule has 0 saturated carbocycles. The van der Waals surface area contributed by atoms with Crippen LogP contribution in [0, 0.1) is 15.9 Å². The Kier molecular flexibility index (Phi) is 5.08. The molecule has 142 valence electrons. The molecule has 0 spiro atoms. The third-order valence-corrected chi connectivity index (χ3v) is 5.63. The summed E-state index contributed by atoms with van der Waals surface area (Å²) in [5.41, 5.74) is -0.398. The van der Waals surface area contributed by atoms with Crippen LogP contribution in [0.5, 0.6) is 0 Å². The normalized spacial score (nSPS) is 14.2. The van der Waals surface area contributed by atoms with Crippen molar-refractivity contribution in [1.82, 2.24) is 4.90 Å². The van der Waals surface area contributed by atoms with E-state index in [1.54, 1.807) is 4.90 Å². The van der Waals surface area contributed by atoms with Gasteiger partial charge in [-0.1, -0.05) is 6.07 Å². The van der Waals surface area contributed by atoms with Crippen molar-refractivity contribution in [1.29, 1.82) is 0 Å². The van der Waals surface area contributed by atoms with Crippen molar-refractivity contribution in [3.05, 3.63) is 64.0 Å². The van der Waals surface area contributed by atoms with E-state index in [0.29, 0.717) is 18.7 Å². The molecule has 1 aliphatic heterocycles. The number of benzene rings is 2. The molecule has 1 N–H and O–H groups in total. The van der Waals surface area contributed by atoms with E-state index in [2.05, 4.69) is 4.72 Å². The number of rotatable bonds is 5. The Hall–Kier alpha value is -3.01. The number of amides is 1. The lowest BCUT2D eigenvalue weighted by Gasteiger charge is -2.15. The van der Waals surface area contributed by atoms with Gasteiger partial charge in [0, 0.05) is 30.4 Å². The van der Waals surface area contributed by atoms with Crippen LogP contribution in [-0.2, 0) is 10.0 Å². The van der Waals surface area contributed by atoms with Crippen LogP contribution in [-0.4, -0.2) is 37.2 Å². The molecule has 2 aromatic carbocycles. The number of likely N-dealkylation sites (tertiary alicyclic amines) is 1. The summed E-state index contributed by atoms with van der Waals surface area (Å²) in [7, 11) is -4.53. The maximum Gasteiger partial charge on any atom is 0.292 e. The Morgan fingerprint density at radius 1 is 1.11 bits per heavy atom. The molecule has 27 heavy (non-hydrogen) atoms. The molecule has 1 saturated heterocycles. The van der Waals surface area contributed by atoms with E-state index in [4.69, 9.17) is 0 Å². The number of carbonyl (C=O) groups is 1. The number of nitro benzene ring substituents is 1. The summed E-state index contributed by atoms with van der Waals surface area (Å²) < 4.78 is 41.0. The second-order valence-corrected chi connectivity index (χ2v) is 7.65. The number of nitrogens with zero attached hydrogens (tertiary/aromatic N) is 2. The first-order chi connectivity index (χ1) is 12.8. The molecule has 1 amide bonds. The molecule has 1 aliphatic rings. The van der Waals surface area contributed by atoms with Crippen LogP contribution in [0.1, 0.15) is 23.2 Å². The monoisotopic (exact) mass is 393 g/mol. The zero-order valence-corrected chi connectivity index (χ0v) is 14.9. The van der Waals surface area contributed by atoms with Crippen LogP contribution >= 0.6 is 0 Å². The highest BCUT2D eigenvalue weighted by molar-refractivity contribution is 7.92. The number of nitro groups is 1. The van der Waals surface area contributed by atoms with Gasteiger partial charge in [0.05, 0.1) is 4.92 Å². The molecular formula is C17H16FN3O5S. The predicted molar refractivity (Wildman–Crippen MR) is 95.4 cm³/mol. The summed E-state index contributed by atoms with van der Waals surface area (Å²) in [5, 5.41) is 11.0. The van der Waals surface area contributed by atoms with E-state index < -0.39 is 31.3 Å². The highest BCUT2D eigenvalue weighted by Crippen LogP contribution is 2.28. The lowest BCUT2D eigenvalue weighted by Crippen LogP contribution is -2.27. The van der Waals surface area contributed by atoms with Crippen LogP contribution < -0.4 is 4.72 Å². The van der Waals surface area contributed by atoms with Crippen molar-refractivity contribution in [3.8, 4) is 0 Å². The molecule has 0 aromatic heterocycles. The van der Waals surface area contributed by atoms with Gasteiger partial charge < -0.3 is 4.90 Å². The minimum atomic E-state index is -4.53. The molecule has 1 fully saturated rings. The van der Waals surface area contributed by atoms with Crippen molar-refractivity contribution < 1.29 is 22.5 Å². The summed E-state index contributed by atoms with van der Waals surface area (Å²) >= 11 is 0. The van der Waals surface area contributed by atoms with Gasteiger partial charge >= 0.3 is 0 Å². The summed E-state index contributed by atoms with van der Waals surface area (Å²) in [5.74, 6) is -1.37. The fraction of sp³-hybridized carbons (Fsp3) is 0.235. The largest absolute Gasteiger partial charge is 0.339 e. The van der Waals surface area contributed by atoms with Crippen molar-refractivity contribution in [2.24, 2.45) is 0 Å². The summed E-state index contributed by atoms with van der Waals surface area (Å²) in [4.78, 5) is 23.0. The topological polar surface area (TPSA) is 110 Å². The van der Waals surface area contributed by atoms with E-state index in [0.717, 1.165) is 31.0 Å². The lowest BCUT2D eigenvalue weighted by molar-refractivity contribution is -0.388. The average Bonchev–Trinajstić information content (AvgIpc) is 3.15. The fourth-order valence-corrected chi connectivity index (χ4v) is 4.19. The van der Waals surface area contributed by atoms with Gasteiger partial charge in [0.2, 0.25) is 4.90 Å². The van der Waals surface area contributed by atoms with Gasteiger partial charge in [-0.3, -0.25) is 19.6 Å². The number of nitrogens with one attached hydrogen (secondary N) is 1. The van der Waals surface area contributed by atoms with E-state index >= 15 is 0 Å². The summed E-state index contributed by atoms with van der Waals surface area (Å²) in [6, 6.07) is 8.42. The Morgan fingerprint density at radius 2 is 1.74 bits per heavy atom. The van der Waals surface area contributed by atoms with Gasteiger partial charge in [0.25, 0.3) is 21.6 Å². The smallest absolute Gasteiger partial charge is 0.292 e. The fourth-order valence-electron chi connectivity index (χ4n) is 2.90. The van der Waals surface area contributed by atoms with E-state index in [1.165, 1.54) is 24.3 Å². The highest BCUT2D eigenvalue weighted by atomic mass is 32.2. The molecule has 1 heterocycles. The lowest BCUT2D eigenvalue weighted by atomic mass is 10.2. The molecule has 3 rings (SSSR count). The van der Waals surface area contributed by atoms with E-state index in [1.807, 2.05) is 0 Å². The van der Waals surface area contributed by atoms with Gasteiger partial charge in [-0.2, -0.15) is 0 Å². The molecule has 2 aromatic rings. The number of sulfonamides is 1. The standard InChI is InChI=1S/C17H16FN3O5S/c18-14-4-3-5-15(21(23)24)16(14)27(25,26)19-13-8-6-12(7-9-13)17(22)20-10-1-2-11-20/h3-9,19H,1-2,10-11H2. The third kappa shape index (κ3) is 3.90. The van der Waals surface area contributed by atoms with E-state index in [9.17, 15) is 27.7 Å². The van der Waals surface area contributed by atoms with Gasteiger partial charge in [-0.15, -0.1) is 0 Å². The molecular weight excluding hydrogens is 377 g/mol. The number of hydrogen-bond donors (Lipinski definition) is 1. The first-order valence-corrected chi connectivity index (χ1v) is 9.63. The van der Waals surface area contributed by atoms with Crippen LogP contribution in [0.4, 0.5) is 15.8 Å². The van der Waals surface area contributed by atoms with E-state index in [-0.39, 0.29) is 11.6 Å². The van der Waals surface area contributed by atoms with Gasteiger partial charge in [-0.25, -0.2) is 12.8 Å². The van der Waals surface area contributed by atoms with Crippen molar-refractivity contribution >= 4 is 27.3 Å². The van der Waals surface area contributed by atoms with Crippen LogP contribution in [0.15, 0.2) is 47.4 Å². The highest BCUT2D eigenvalue weighted by Gasteiger charge is 2.30. The van der Waals surface area contributed by atoms with Crippen molar-refractivity contribution in [2.75, 3.05) is 17.8 Å². The summed E-state index contributed by atoms with van der Waals surface area (Å²) in [6.07, 6.45) is 1.90. The van der Waals surface area contributed by atoms with Crippen molar-refractivity contribution in [2.45, 2.75) is 17.7 Å². The number of carbonyl (C=O) groups excluding carboxylic acids is 1. The number of anilines is 1. The third-order valence-electron chi connectivity index (χ3n) is 4.19. The molecule has 0 bridgehead atoms. The zero-order valence-electron chi connectivity index (χ0n) is 14.1. The maximum absolute atomic E-state index is 14.0. The maximum atomic E-state index is 14.0. The predicted octanol–water partition coefficient (Wildman–Crippen LogP) is 2.77. The van der Waals surface area contributed by atoms with Crippen LogP contribution in [0.25, 0.3) is 0 Å². The average molecular weight is 393 g/mol. The second-order valence-electron chi connectivity index (χ2n) is 6.03.